The Labute approximate surface area is 331 Å². The summed E-state index contributed by atoms with van der Waals surface area (Å²) in [6.45, 7) is 4.64. The molecule has 9 nitrogen and oxygen atoms in total. The minimum absolute atomic E-state index is 0.0372. The van der Waals surface area contributed by atoms with Crippen molar-refractivity contribution in [1.82, 2.24) is 5.32 Å². The van der Waals surface area contributed by atoms with E-state index in [0.29, 0.717) is 30.3 Å². The number of unbranched alkanes of at least 4 members (excludes halogenated alkanes) is 16. The number of hydrogen-bond acceptors (Lipinski definition) is 6. The van der Waals surface area contributed by atoms with E-state index >= 15 is 0 Å². The third kappa shape index (κ3) is 37.1. The van der Waals surface area contributed by atoms with Gasteiger partial charge in [-0.3, -0.25) is 13.8 Å². The van der Waals surface area contributed by atoms with Gasteiger partial charge in [0.2, 0.25) is 5.91 Å². The van der Waals surface area contributed by atoms with Gasteiger partial charge in [-0.25, -0.2) is 4.57 Å². The highest BCUT2D eigenvalue weighted by Crippen LogP contribution is 2.43. The molecule has 10 heteroatoms. The van der Waals surface area contributed by atoms with Crippen LogP contribution in [0.4, 0.5) is 0 Å². The van der Waals surface area contributed by atoms with Gasteiger partial charge in [0.25, 0.3) is 0 Å². The van der Waals surface area contributed by atoms with E-state index in [-0.39, 0.29) is 25.5 Å². The first-order chi connectivity index (χ1) is 25.9. The zero-order chi connectivity index (χ0) is 40.2. The number of rotatable bonds is 37. The number of phosphoric ester groups is 1. The molecule has 0 aliphatic carbocycles. The van der Waals surface area contributed by atoms with E-state index in [1.54, 1.807) is 12.2 Å². The van der Waals surface area contributed by atoms with Crippen molar-refractivity contribution in [2.45, 2.75) is 173 Å². The molecule has 0 fully saturated rings. The summed E-state index contributed by atoms with van der Waals surface area (Å²) in [5, 5.41) is 23.8. The second-order valence-corrected chi connectivity index (χ2v) is 17.0. The topological polar surface area (TPSA) is 125 Å². The fourth-order valence-electron chi connectivity index (χ4n) is 5.58. The lowest BCUT2D eigenvalue weighted by Gasteiger charge is -2.25. The molecule has 314 valence electrons. The van der Waals surface area contributed by atoms with Crippen molar-refractivity contribution in [2.75, 3.05) is 40.9 Å². The molecular formula is C44H82N2O7P+. The second-order valence-electron chi connectivity index (χ2n) is 15.6. The normalized spacial score (nSPS) is 15.6. The van der Waals surface area contributed by atoms with Crippen LogP contribution in [0.2, 0.25) is 0 Å². The molecule has 0 aliphatic rings. The van der Waals surface area contributed by atoms with Gasteiger partial charge < -0.3 is 24.9 Å². The van der Waals surface area contributed by atoms with Crippen LogP contribution in [0.15, 0.2) is 60.8 Å². The van der Waals surface area contributed by atoms with Gasteiger partial charge in [-0.1, -0.05) is 158 Å². The highest BCUT2D eigenvalue weighted by atomic mass is 31.2. The summed E-state index contributed by atoms with van der Waals surface area (Å²) >= 11 is 0. The van der Waals surface area contributed by atoms with Gasteiger partial charge in [-0.2, -0.15) is 0 Å². The van der Waals surface area contributed by atoms with Crippen molar-refractivity contribution in [1.29, 1.82) is 0 Å². The van der Waals surface area contributed by atoms with Gasteiger partial charge in [0, 0.05) is 6.42 Å². The Morgan fingerprint density at radius 3 is 1.89 bits per heavy atom. The van der Waals surface area contributed by atoms with Crippen LogP contribution in [0, 0.1) is 0 Å². The third-order valence-corrected chi connectivity index (χ3v) is 10.0. The van der Waals surface area contributed by atoms with Crippen molar-refractivity contribution in [3.63, 3.8) is 0 Å². The molecule has 0 radical (unpaired) electrons. The summed E-state index contributed by atoms with van der Waals surface area (Å²) in [4.78, 5) is 23.0. The summed E-state index contributed by atoms with van der Waals surface area (Å²) in [7, 11) is 1.49. The lowest BCUT2D eigenvalue weighted by atomic mass is 10.0. The Morgan fingerprint density at radius 2 is 1.24 bits per heavy atom. The molecule has 1 unspecified atom stereocenters. The molecule has 0 saturated carbocycles. The number of nitrogens with one attached hydrogen (secondary N) is 1. The predicted octanol–water partition coefficient (Wildman–Crippen LogP) is 10.4. The zero-order valence-corrected chi connectivity index (χ0v) is 35.9. The monoisotopic (exact) mass is 782 g/mol. The molecule has 0 spiro atoms. The van der Waals surface area contributed by atoms with E-state index in [0.717, 1.165) is 32.1 Å². The first kappa shape index (κ1) is 52.2. The molecule has 0 aromatic carbocycles. The maximum absolute atomic E-state index is 12.8. The van der Waals surface area contributed by atoms with Gasteiger partial charge in [0.05, 0.1) is 46.0 Å². The molecule has 0 aromatic rings. The molecule has 4 N–H and O–H groups in total. The number of aliphatic hydroxyl groups is 2. The first-order valence-electron chi connectivity index (χ1n) is 21.3. The van der Waals surface area contributed by atoms with Crippen LogP contribution < -0.4 is 5.32 Å². The Hall–Kier alpha value is -1.84. The molecular weight excluding hydrogens is 699 g/mol. The molecule has 0 rings (SSSR count). The average Bonchev–Trinajstić information content (AvgIpc) is 3.11. The largest absolute Gasteiger partial charge is 0.472 e. The first-order valence-corrected chi connectivity index (χ1v) is 22.8. The van der Waals surface area contributed by atoms with Crippen molar-refractivity contribution in [2.24, 2.45) is 0 Å². The van der Waals surface area contributed by atoms with Crippen LogP contribution in [0.1, 0.15) is 155 Å². The third-order valence-electron chi connectivity index (χ3n) is 9.06. The Bertz CT molecular complexity index is 1080. The Balaban J connectivity index is 4.65. The van der Waals surface area contributed by atoms with Crippen LogP contribution >= 0.6 is 7.82 Å². The summed E-state index contributed by atoms with van der Waals surface area (Å²) < 4.78 is 23.5. The summed E-state index contributed by atoms with van der Waals surface area (Å²) in [6.07, 6.45) is 41.7. The highest BCUT2D eigenvalue weighted by molar-refractivity contribution is 7.47. The van der Waals surface area contributed by atoms with E-state index < -0.39 is 26.1 Å². The van der Waals surface area contributed by atoms with Crippen LogP contribution in [0.5, 0.6) is 0 Å². The second kappa shape index (κ2) is 35.6. The van der Waals surface area contributed by atoms with Crippen molar-refractivity contribution in [3.8, 4) is 0 Å². The Morgan fingerprint density at radius 1 is 0.685 bits per heavy atom. The molecule has 4 atom stereocenters. The number of phosphoric acid groups is 1. The van der Waals surface area contributed by atoms with E-state index in [2.05, 4.69) is 25.2 Å². The lowest BCUT2D eigenvalue weighted by molar-refractivity contribution is -0.870. The van der Waals surface area contributed by atoms with Gasteiger partial charge >= 0.3 is 7.82 Å². The number of quaternary nitrogens is 1. The van der Waals surface area contributed by atoms with E-state index in [9.17, 15) is 24.5 Å². The number of likely N-dealkylation sites (N-methyl/N-ethyl adjacent to an activating group) is 1. The van der Waals surface area contributed by atoms with Crippen LogP contribution in [0.3, 0.4) is 0 Å². The quantitative estimate of drug-likeness (QED) is 0.0163. The highest BCUT2D eigenvalue weighted by Gasteiger charge is 2.27. The molecule has 54 heavy (non-hydrogen) atoms. The fourth-order valence-corrected chi connectivity index (χ4v) is 6.32. The summed E-state index contributed by atoms with van der Waals surface area (Å²) in [5.41, 5.74) is 0. The standard InChI is InChI=1S/C44H81N2O7P/c1-6-8-10-12-14-15-16-17-18-19-20-24-28-32-36-43(48)42(40-53-54(50,51)52-39-38-46(3,4)5)45-44(49)37-33-29-25-21-23-27-31-35-41(47)34-30-26-22-13-11-9-7-2/h21-22,25-27,30-32,34,36,41-43,47-48H,6-20,23-24,28-29,33,35,37-40H2,1-5H3,(H-,45,49,50,51)/p+1/b25-21+,26-22-,31-27-,34-30-,36-32+/t41-,42-,43+/m0/s1. The number of hydrogen-bond donors (Lipinski definition) is 4. The molecule has 0 heterocycles. The fraction of sp³-hybridized carbons (Fsp3) is 0.750. The average molecular weight is 782 g/mol. The number of amides is 1. The van der Waals surface area contributed by atoms with Crippen LogP contribution in [-0.2, 0) is 18.4 Å². The van der Waals surface area contributed by atoms with Gasteiger partial charge in [0.15, 0.2) is 0 Å². The lowest BCUT2D eigenvalue weighted by Crippen LogP contribution is -2.45. The number of carbonyl (C=O) groups is 1. The minimum atomic E-state index is -4.37. The van der Waals surface area contributed by atoms with Crippen LogP contribution in [-0.4, -0.2) is 84.6 Å². The smallest absolute Gasteiger partial charge is 0.389 e. The van der Waals surface area contributed by atoms with Crippen LogP contribution in [0.25, 0.3) is 0 Å². The maximum atomic E-state index is 12.8. The minimum Gasteiger partial charge on any atom is -0.389 e. The van der Waals surface area contributed by atoms with Gasteiger partial charge in [-0.15, -0.1) is 0 Å². The molecule has 0 bridgehead atoms. The molecule has 0 saturated heterocycles. The zero-order valence-electron chi connectivity index (χ0n) is 35.1. The summed E-state index contributed by atoms with van der Waals surface area (Å²) in [6, 6.07) is -0.897. The Kier molecular flexibility index (Phi) is 34.4. The van der Waals surface area contributed by atoms with Gasteiger partial charge in [-0.05, 0) is 51.4 Å². The predicted molar refractivity (Wildman–Crippen MR) is 227 cm³/mol. The van der Waals surface area contributed by atoms with E-state index in [1.165, 1.54) is 83.5 Å². The number of carbonyl (C=O) groups excluding carboxylic acids is 1. The van der Waals surface area contributed by atoms with Gasteiger partial charge in [0.1, 0.15) is 13.2 Å². The van der Waals surface area contributed by atoms with Crippen molar-refractivity contribution >= 4 is 13.7 Å². The van der Waals surface area contributed by atoms with Crippen molar-refractivity contribution < 1.29 is 38.0 Å². The maximum Gasteiger partial charge on any atom is 0.472 e. The summed E-state index contributed by atoms with van der Waals surface area (Å²) in [5.74, 6) is -0.262. The van der Waals surface area contributed by atoms with Crippen molar-refractivity contribution in [3.05, 3.63) is 60.8 Å². The SMILES string of the molecule is CCCCC/C=C\C=C/[C@H](O)C/C=C\C/C=C/CCCC(=O)N[C@@H](COP(=O)(O)OCC[N+](C)(C)C)[C@H](O)/C=C/CCCCCCCCCCCCCC. The molecule has 0 aromatic heterocycles. The number of nitrogens with zero attached hydrogens (tertiary/aromatic N) is 1. The number of allylic oxidation sites excluding steroid dienone is 7. The van der Waals surface area contributed by atoms with E-state index in [4.69, 9.17) is 9.05 Å². The molecule has 0 aliphatic heterocycles. The van der Waals surface area contributed by atoms with E-state index in [1.807, 2.05) is 63.7 Å². The number of aliphatic hydroxyl groups excluding tert-OH is 2. The molecule has 1 amide bonds.